The van der Waals surface area contributed by atoms with Gasteiger partial charge in [0.05, 0.1) is 5.56 Å². The number of amides is 3. The topological polar surface area (TPSA) is 92.8 Å². The van der Waals surface area contributed by atoms with Gasteiger partial charge in [0.15, 0.2) is 6.61 Å². The van der Waals surface area contributed by atoms with Crippen molar-refractivity contribution in [3.05, 3.63) is 65.7 Å². The van der Waals surface area contributed by atoms with Crippen LogP contribution in [-0.2, 0) is 14.3 Å². The van der Waals surface area contributed by atoms with Crippen LogP contribution in [0.3, 0.4) is 0 Å². The molecule has 1 fully saturated rings. The first-order chi connectivity index (χ1) is 13.5. The first-order valence-corrected chi connectivity index (χ1v) is 9.01. The highest BCUT2D eigenvalue weighted by Crippen LogP contribution is 2.21. The number of anilines is 1. The molecule has 1 N–H and O–H groups in total. The minimum Gasteiger partial charge on any atom is -0.452 e. The molecule has 7 heteroatoms. The van der Waals surface area contributed by atoms with Crippen LogP contribution in [-0.4, -0.2) is 36.8 Å². The van der Waals surface area contributed by atoms with Crippen molar-refractivity contribution in [1.82, 2.24) is 5.32 Å². The third-order valence-electron chi connectivity index (χ3n) is 4.36. The van der Waals surface area contributed by atoms with Crippen LogP contribution in [0.1, 0.15) is 40.0 Å². The normalized spacial score (nSPS) is 13.7. The van der Waals surface area contributed by atoms with Gasteiger partial charge in [-0.2, -0.15) is 0 Å². The average molecular weight is 380 g/mol. The first-order valence-electron chi connectivity index (χ1n) is 9.01. The molecule has 0 saturated carbocycles. The fourth-order valence-corrected chi connectivity index (χ4v) is 2.90. The van der Waals surface area contributed by atoms with Crippen LogP contribution in [0.15, 0.2) is 54.6 Å². The van der Waals surface area contributed by atoms with Gasteiger partial charge in [-0.05, 0) is 49.2 Å². The Kier molecular flexibility index (Phi) is 6.16. The van der Waals surface area contributed by atoms with E-state index in [1.165, 1.54) is 0 Å². The molecule has 0 bridgehead atoms. The number of benzene rings is 2. The molecule has 3 amide bonds. The van der Waals surface area contributed by atoms with Gasteiger partial charge in [-0.15, -0.1) is 0 Å². The predicted octanol–water partition coefficient (Wildman–Crippen LogP) is 2.32. The summed E-state index contributed by atoms with van der Waals surface area (Å²) in [6, 6.07) is 14.7. The lowest BCUT2D eigenvalue weighted by molar-refractivity contribution is -0.123. The number of esters is 1. The Morgan fingerprint density at radius 1 is 0.929 bits per heavy atom. The van der Waals surface area contributed by atoms with Gasteiger partial charge in [-0.1, -0.05) is 18.2 Å². The number of hydrogen-bond acceptors (Lipinski definition) is 5. The molecule has 2 aromatic carbocycles. The molecule has 0 radical (unpaired) electrons. The van der Waals surface area contributed by atoms with Crippen molar-refractivity contribution in [3.8, 4) is 0 Å². The highest BCUT2D eigenvalue weighted by molar-refractivity contribution is 6.05. The number of nitrogens with zero attached hydrogens (tertiary/aromatic N) is 1. The lowest BCUT2D eigenvalue weighted by atomic mass is 10.1. The summed E-state index contributed by atoms with van der Waals surface area (Å²) in [6.45, 7) is 0.0992. The van der Waals surface area contributed by atoms with Gasteiger partial charge in [0.1, 0.15) is 0 Å². The van der Waals surface area contributed by atoms with Gasteiger partial charge in [-0.25, -0.2) is 4.79 Å². The zero-order valence-electron chi connectivity index (χ0n) is 15.2. The quantitative estimate of drug-likeness (QED) is 0.804. The summed E-state index contributed by atoms with van der Waals surface area (Å²) < 4.78 is 4.95. The van der Waals surface area contributed by atoms with Crippen LogP contribution < -0.4 is 10.2 Å². The highest BCUT2D eigenvalue weighted by atomic mass is 16.5. The molecular weight excluding hydrogens is 360 g/mol. The molecule has 7 nitrogen and oxygen atoms in total. The summed E-state index contributed by atoms with van der Waals surface area (Å²) in [4.78, 5) is 49.4. The van der Waals surface area contributed by atoms with E-state index in [1.807, 2.05) is 0 Å². The Labute approximate surface area is 162 Å². The van der Waals surface area contributed by atoms with E-state index in [-0.39, 0.29) is 11.5 Å². The Bertz CT molecular complexity index is 877. The smallest absolute Gasteiger partial charge is 0.338 e. The summed E-state index contributed by atoms with van der Waals surface area (Å²) in [5, 5.41) is 2.16. The molecule has 1 aliphatic rings. The van der Waals surface area contributed by atoms with Crippen LogP contribution >= 0.6 is 0 Å². The maximum atomic E-state index is 12.1. The second-order valence-corrected chi connectivity index (χ2v) is 6.37. The molecule has 1 heterocycles. The second kappa shape index (κ2) is 8.94. The molecular formula is C21H20N2O5. The fraction of sp³-hybridized carbons (Fsp3) is 0.238. The van der Waals surface area contributed by atoms with Gasteiger partial charge < -0.3 is 9.64 Å². The van der Waals surface area contributed by atoms with Crippen molar-refractivity contribution in [3.63, 3.8) is 0 Å². The van der Waals surface area contributed by atoms with Crippen LogP contribution in [0.5, 0.6) is 0 Å². The standard InChI is InChI=1S/C21H20N2O5/c24-18(22-20(26)15-6-2-1-3-7-15)14-28-21(27)16-9-11-17(12-10-16)23-13-5-4-8-19(23)25/h1-3,6-7,9-12H,4-5,8,13-14H2,(H,22,24,26). The molecule has 144 valence electrons. The third kappa shape index (κ3) is 4.82. The summed E-state index contributed by atoms with van der Waals surface area (Å²) in [5.74, 6) is -1.88. The monoisotopic (exact) mass is 380 g/mol. The zero-order valence-corrected chi connectivity index (χ0v) is 15.2. The molecule has 0 unspecified atom stereocenters. The second-order valence-electron chi connectivity index (χ2n) is 6.37. The largest absolute Gasteiger partial charge is 0.452 e. The average Bonchev–Trinajstić information content (AvgIpc) is 2.73. The first kappa shape index (κ1) is 19.3. The van der Waals surface area contributed by atoms with Gasteiger partial charge in [-0.3, -0.25) is 19.7 Å². The number of piperidine rings is 1. The molecule has 2 aromatic rings. The highest BCUT2D eigenvalue weighted by Gasteiger charge is 2.20. The molecule has 1 saturated heterocycles. The van der Waals surface area contributed by atoms with Crippen molar-refractivity contribution < 1.29 is 23.9 Å². The summed E-state index contributed by atoms with van der Waals surface area (Å²) >= 11 is 0. The number of imide groups is 1. The summed E-state index contributed by atoms with van der Waals surface area (Å²) in [6.07, 6.45) is 2.38. The number of hydrogen-bond donors (Lipinski definition) is 1. The molecule has 0 atom stereocenters. The fourth-order valence-electron chi connectivity index (χ4n) is 2.90. The van der Waals surface area contributed by atoms with E-state index < -0.39 is 24.4 Å². The molecule has 0 aromatic heterocycles. The van der Waals surface area contributed by atoms with Gasteiger partial charge >= 0.3 is 5.97 Å². The molecule has 1 aliphatic heterocycles. The molecule has 28 heavy (non-hydrogen) atoms. The Balaban J connectivity index is 1.51. The number of ether oxygens (including phenoxy) is 1. The minimum atomic E-state index is -0.710. The van der Waals surface area contributed by atoms with Gasteiger partial charge in [0.2, 0.25) is 5.91 Å². The number of nitrogens with one attached hydrogen (secondary N) is 1. The van der Waals surface area contributed by atoms with E-state index in [2.05, 4.69) is 5.32 Å². The number of carbonyl (C=O) groups excluding carboxylic acids is 4. The maximum absolute atomic E-state index is 12.1. The maximum Gasteiger partial charge on any atom is 0.338 e. The van der Waals surface area contributed by atoms with Crippen molar-refractivity contribution in [2.24, 2.45) is 0 Å². The van der Waals surface area contributed by atoms with E-state index in [0.29, 0.717) is 18.5 Å². The lowest BCUT2D eigenvalue weighted by Gasteiger charge is -2.26. The van der Waals surface area contributed by atoms with E-state index in [0.717, 1.165) is 18.5 Å². The van der Waals surface area contributed by atoms with Crippen molar-refractivity contribution in [1.29, 1.82) is 0 Å². The van der Waals surface area contributed by atoms with E-state index in [4.69, 9.17) is 4.74 Å². The third-order valence-corrected chi connectivity index (χ3v) is 4.36. The van der Waals surface area contributed by atoms with Crippen molar-refractivity contribution >= 4 is 29.4 Å². The van der Waals surface area contributed by atoms with Crippen LogP contribution in [0.25, 0.3) is 0 Å². The van der Waals surface area contributed by atoms with Crippen LogP contribution in [0, 0.1) is 0 Å². The predicted molar refractivity (Wildman–Crippen MR) is 102 cm³/mol. The Hall–Kier alpha value is -3.48. The summed E-state index contributed by atoms with van der Waals surface area (Å²) in [5.41, 5.74) is 1.33. The minimum absolute atomic E-state index is 0.0707. The molecule has 3 rings (SSSR count). The van der Waals surface area contributed by atoms with Gasteiger partial charge in [0.25, 0.3) is 11.8 Å². The van der Waals surface area contributed by atoms with Gasteiger partial charge in [0, 0.05) is 24.2 Å². The number of carbonyl (C=O) groups is 4. The van der Waals surface area contributed by atoms with Crippen molar-refractivity contribution in [2.45, 2.75) is 19.3 Å². The van der Waals surface area contributed by atoms with Crippen LogP contribution in [0.4, 0.5) is 5.69 Å². The molecule has 0 spiro atoms. The lowest BCUT2D eigenvalue weighted by Crippen LogP contribution is -2.35. The molecule has 0 aliphatic carbocycles. The van der Waals surface area contributed by atoms with Crippen LogP contribution in [0.2, 0.25) is 0 Å². The zero-order chi connectivity index (χ0) is 19.9. The SMILES string of the molecule is O=C(COC(=O)c1ccc(N2CCCCC2=O)cc1)NC(=O)c1ccccc1. The number of rotatable bonds is 5. The Morgan fingerprint density at radius 3 is 2.32 bits per heavy atom. The Morgan fingerprint density at radius 2 is 1.64 bits per heavy atom. The van der Waals surface area contributed by atoms with Crippen molar-refractivity contribution in [2.75, 3.05) is 18.1 Å². The summed E-state index contributed by atoms with van der Waals surface area (Å²) in [7, 11) is 0. The van der Waals surface area contributed by atoms with E-state index in [1.54, 1.807) is 59.5 Å². The van der Waals surface area contributed by atoms with E-state index >= 15 is 0 Å². The van der Waals surface area contributed by atoms with E-state index in [9.17, 15) is 19.2 Å².